The van der Waals surface area contributed by atoms with Crippen LogP contribution in [0, 0.1) is 17.6 Å². The third-order valence-corrected chi connectivity index (χ3v) is 9.46. The molecule has 3 fully saturated rings. The van der Waals surface area contributed by atoms with E-state index in [0.29, 0.717) is 36.8 Å². The number of nitrogens with one attached hydrogen (secondary N) is 1. The number of sulfonamides is 1. The summed E-state index contributed by atoms with van der Waals surface area (Å²) < 4.78 is 92.4. The van der Waals surface area contributed by atoms with E-state index in [-0.39, 0.29) is 23.2 Å². The van der Waals surface area contributed by atoms with E-state index in [2.05, 4.69) is 4.90 Å². The minimum absolute atomic E-state index is 0.177. The molecule has 1 unspecified atom stereocenters. The molecule has 0 radical (unpaired) electrons. The average Bonchev–Trinajstić information content (AvgIpc) is 3.82. The molecule has 0 spiro atoms. The van der Waals surface area contributed by atoms with Gasteiger partial charge in [-0.3, -0.25) is 9.69 Å². The number of ether oxygens (including phenoxy) is 1. The van der Waals surface area contributed by atoms with Crippen LogP contribution in [0.2, 0.25) is 5.02 Å². The molecule has 1 atom stereocenters. The first kappa shape index (κ1) is 32.9. The van der Waals surface area contributed by atoms with E-state index in [1.165, 1.54) is 24.3 Å². The third kappa shape index (κ3) is 9.26. The van der Waals surface area contributed by atoms with E-state index >= 15 is 0 Å². The normalized spacial score (nSPS) is 19.3. The molecule has 1 amide bonds. The standard InChI is InChI=1S/C26H29ClF2N2O4S.C2HF3O2/c27-23-10-19(28)6-5-18(23)14-31-9-1-2-16(13-31)15-35-25-12-24(29)22(11-21(25)17-3-4-17)26(32)30-36(33,34)20-7-8-20;3-2(4,5)1(6)7/h5-6,10-12,16-17,20H,1-4,7-9,13-15H2,(H,30,32);(H,6,7). The fourth-order valence-corrected chi connectivity index (χ4v) is 6.28. The molecule has 2 saturated carbocycles. The van der Waals surface area contributed by atoms with Crippen LogP contribution in [-0.4, -0.2) is 61.4 Å². The van der Waals surface area contributed by atoms with E-state index < -0.39 is 39.1 Å². The minimum Gasteiger partial charge on any atom is -0.493 e. The predicted molar refractivity (Wildman–Crippen MR) is 146 cm³/mol. The van der Waals surface area contributed by atoms with Gasteiger partial charge in [-0.05, 0) is 80.3 Å². The Bertz CT molecular complexity index is 1460. The van der Waals surface area contributed by atoms with Crippen LogP contribution >= 0.6 is 11.6 Å². The maximum atomic E-state index is 14.9. The van der Waals surface area contributed by atoms with Crippen molar-refractivity contribution in [3.63, 3.8) is 0 Å². The molecule has 2 aliphatic carbocycles. The highest BCUT2D eigenvalue weighted by Crippen LogP contribution is 2.45. The summed E-state index contributed by atoms with van der Waals surface area (Å²) in [6, 6.07) is 7.09. The van der Waals surface area contributed by atoms with Gasteiger partial charge in [-0.1, -0.05) is 17.7 Å². The number of nitrogens with zero attached hydrogens (tertiary/aromatic N) is 1. The number of hydrogen-bond donors (Lipinski definition) is 2. The number of hydrogen-bond acceptors (Lipinski definition) is 6. The van der Waals surface area contributed by atoms with Gasteiger partial charge >= 0.3 is 12.1 Å². The first-order valence-corrected chi connectivity index (χ1v) is 15.5. The Kier molecular flexibility index (Phi) is 10.2. The van der Waals surface area contributed by atoms with Gasteiger partial charge in [0, 0.05) is 30.1 Å². The molecule has 2 aromatic rings. The molecule has 1 saturated heterocycles. The Labute approximate surface area is 250 Å². The van der Waals surface area contributed by atoms with Crippen molar-refractivity contribution < 1.29 is 49.8 Å². The third-order valence-electron chi connectivity index (χ3n) is 7.29. The molecule has 1 heterocycles. The molecular weight excluding hydrogens is 623 g/mol. The summed E-state index contributed by atoms with van der Waals surface area (Å²) in [5.74, 6) is -4.04. The summed E-state index contributed by atoms with van der Waals surface area (Å²) in [4.78, 5) is 23.7. The number of carboxylic acid groups (broad SMARTS) is 1. The Morgan fingerprint density at radius 1 is 1.07 bits per heavy atom. The Morgan fingerprint density at radius 3 is 2.33 bits per heavy atom. The van der Waals surface area contributed by atoms with Crippen LogP contribution < -0.4 is 9.46 Å². The Balaban J connectivity index is 0.000000541. The first-order valence-electron chi connectivity index (χ1n) is 13.6. The summed E-state index contributed by atoms with van der Waals surface area (Å²) in [6.07, 6.45) is -0.279. The second-order valence-electron chi connectivity index (χ2n) is 10.9. The van der Waals surface area contributed by atoms with E-state index in [0.717, 1.165) is 49.9 Å². The molecule has 1 aliphatic heterocycles. The summed E-state index contributed by atoms with van der Waals surface area (Å²) >= 11 is 6.19. The zero-order chi connectivity index (χ0) is 31.5. The van der Waals surface area contributed by atoms with Gasteiger partial charge in [0.1, 0.15) is 17.4 Å². The van der Waals surface area contributed by atoms with Crippen LogP contribution in [0.4, 0.5) is 22.0 Å². The number of piperidine rings is 1. The molecule has 2 N–H and O–H groups in total. The van der Waals surface area contributed by atoms with Crippen molar-refractivity contribution in [1.82, 2.24) is 9.62 Å². The van der Waals surface area contributed by atoms with Crippen LogP contribution in [0.3, 0.4) is 0 Å². The molecule has 0 bridgehead atoms. The highest BCUT2D eigenvalue weighted by atomic mass is 35.5. The number of amides is 1. The number of carbonyl (C=O) groups is 2. The number of aliphatic carboxylic acids is 1. The van der Waals surface area contributed by atoms with E-state index in [1.54, 1.807) is 6.07 Å². The molecule has 0 aromatic heterocycles. The van der Waals surface area contributed by atoms with Crippen LogP contribution in [0.5, 0.6) is 5.75 Å². The number of likely N-dealkylation sites (tertiary alicyclic amines) is 1. The van der Waals surface area contributed by atoms with Crippen LogP contribution in [0.25, 0.3) is 0 Å². The van der Waals surface area contributed by atoms with Gasteiger partial charge in [0.05, 0.1) is 17.4 Å². The Hall–Kier alpha value is -2.97. The topological polar surface area (TPSA) is 113 Å². The number of carbonyl (C=O) groups excluding carboxylic acids is 1. The van der Waals surface area contributed by atoms with Gasteiger partial charge in [0.15, 0.2) is 0 Å². The van der Waals surface area contributed by atoms with Crippen molar-refractivity contribution in [1.29, 1.82) is 0 Å². The molecule has 5 rings (SSSR count). The van der Waals surface area contributed by atoms with Crippen LogP contribution in [-0.2, 0) is 21.4 Å². The van der Waals surface area contributed by atoms with Crippen molar-refractivity contribution in [3.05, 3.63) is 63.7 Å². The van der Waals surface area contributed by atoms with Crippen LogP contribution in [0.1, 0.15) is 65.9 Å². The second kappa shape index (κ2) is 13.3. The van der Waals surface area contributed by atoms with E-state index in [1.807, 2.05) is 4.72 Å². The van der Waals surface area contributed by atoms with Crippen LogP contribution in [0.15, 0.2) is 30.3 Å². The van der Waals surface area contributed by atoms with Gasteiger partial charge in [-0.2, -0.15) is 13.2 Å². The van der Waals surface area contributed by atoms with E-state index in [4.69, 9.17) is 26.2 Å². The van der Waals surface area contributed by atoms with Crippen molar-refractivity contribution in [3.8, 4) is 5.75 Å². The second-order valence-corrected chi connectivity index (χ2v) is 13.3. The quantitative estimate of drug-likeness (QED) is 0.337. The summed E-state index contributed by atoms with van der Waals surface area (Å²) in [5, 5.41) is 6.97. The lowest BCUT2D eigenvalue weighted by Gasteiger charge is -2.33. The lowest BCUT2D eigenvalue weighted by molar-refractivity contribution is -0.192. The number of rotatable bonds is 9. The molecule has 2 aromatic carbocycles. The maximum Gasteiger partial charge on any atom is 0.490 e. The fourth-order valence-electron chi connectivity index (χ4n) is 4.76. The fraction of sp³-hybridized carbons (Fsp3) is 0.500. The van der Waals surface area contributed by atoms with Gasteiger partial charge in [0.2, 0.25) is 10.0 Å². The molecule has 43 heavy (non-hydrogen) atoms. The average molecular weight is 653 g/mol. The highest BCUT2D eigenvalue weighted by Gasteiger charge is 2.39. The summed E-state index contributed by atoms with van der Waals surface area (Å²) in [7, 11) is -3.77. The lowest BCUT2D eigenvalue weighted by atomic mass is 9.98. The molecule has 3 aliphatic rings. The van der Waals surface area contributed by atoms with Gasteiger partial charge in [-0.25, -0.2) is 26.7 Å². The van der Waals surface area contributed by atoms with Gasteiger partial charge < -0.3 is 9.84 Å². The van der Waals surface area contributed by atoms with Crippen molar-refractivity contribution in [2.24, 2.45) is 5.92 Å². The van der Waals surface area contributed by atoms with Crippen molar-refractivity contribution in [2.45, 2.75) is 62.4 Å². The largest absolute Gasteiger partial charge is 0.493 e. The predicted octanol–water partition coefficient (Wildman–Crippen LogP) is 5.64. The maximum absolute atomic E-state index is 14.9. The number of benzene rings is 2. The van der Waals surface area contributed by atoms with E-state index in [9.17, 15) is 35.2 Å². The minimum atomic E-state index is -5.08. The monoisotopic (exact) mass is 652 g/mol. The Morgan fingerprint density at radius 2 is 1.74 bits per heavy atom. The summed E-state index contributed by atoms with van der Waals surface area (Å²) in [5.41, 5.74) is 1.35. The number of halogens is 6. The smallest absolute Gasteiger partial charge is 0.490 e. The number of alkyl halides is 3. The van der Waals surface area contributed by atoms with Gasteiger partial charge in [0.25, 0.3) is 5.91 Å². The van der Waals surface area contributed by atoms with Gasteiger partial charge in [-0.15, -0.1) is 0 Å². The zero-order valence-electron chi connectivity index (χ0n) is 22.8. The molecular formula is C28H30ClF5N2O6S. The van der Waals surface area contributed by atoms with Crippen molar-refractivity contribution >= 4 is 33.5 Å². The highest BCUT2D eigenvalue weighted by molar-refractivity contribution is 7.91. The summed E-state index contributed by atoms with van der Waals surface area (Å²) in [6.45, 7) is 2.69. The molecule has 236 valence electrons. The lowest BCUT2D eigenvalue weighted by Crippen LogP contribution is -2.37. The first-order chi connectivity index (χ1) is 20.1. The zero-order valence-corrected chi connectivity index (χ0v) is 24.4. The molecule has 15 heteroatoms. The van der Waals surface area contributed by atoms with Crippen molar-refractivity contribution in [2.75, 3.05) is 19.7 Å². The number of carboxylic acids is 1. The SMILES string of the molecule is O=C(NS(=O)(=O)C1CC1)c1cc(C2CC2)c(OCC2CCCN(Cc3ccc(F)cc3Cl)C2)cc1F.O=C(O)C(F)(F)F. The molecule has 8 nitrogen and oxygen atoms in total.